The second-order valence-corrected chi connectivity index (χ2v) is 6.87. The van der Waals surface area contributed by atoms with E-state index in [0.717, 1.165) is 11.5 Å². The van der Waals surface area contributed by atoms with Crippen LogP contribution in [0.15, 0.2) is 53.9 Å². The molecule has 0 saturated carbocycles. The van der Waals surface area contributed by atoms with Crippen molar-refractivity contribution in [2.75, 3.05) is 11.9 Å². The minimum absolute atomic E-state index is 0.246. The topological polar surface area (TPSA) is 75.3 Å². The molecule has 2 N–H and O–H groups in total. The molecule has 2 aromatic carbocycles. The van der Waals surface area contributed by atoms with Gasteiger partial charge in [-0.1, -0.05) is 29.8 Å². The van der Waals surface area contributed by atoms with E-state index in [1.807, 2.05) is 0 Å². The lowest BCUT2D eigenvalue weighted by atomic mass is 10.2. The zero-order valence-electron chi connectivity index (χ0n) is 12.4. The second-order valence-electron chi connectivity index (χ2n) is 4.78. The fraction of sp³-hybridized carbons (Fsp3) is 0.0625. The zero-order chi connectivity index (χ0) is 17.6. The number of amides is 1. The summed E-state index contributed by atoms with van der Waals surface area (Å²) in [6.45, 7) is -0.468. The Bertz CT molecular complexity index is 852. The Kier molecular flexibility index (Phi) is 6.08. The van der Waals surface area contributed by atoms with Crippen LogP contribution in [0.4, 0.5) is 10.1 Å². The maximum Gasteiger partial charge on any atom is 0.239 e. The van der Waals surface area contributed by atoms with Crippen molar-refractivity contribution in [3.63, 3.8) is 0 Å². The van der Waals surface area contributed by atoms with Gasteiger partial charge in [-0.05, 0) is 42.0 Å². The van der Waals surface area contributed by atoms with Crippen LogP contribution in [0.25, 0.3) is 6.08 Å². The predicted molar refractivity (Wildman–Crippen MR) is 92.4 cm³/mol. The van der Waals surface area contributed by atoms with Crippen molar-refractivity contribution in [1.29, 1.82) is 0 Å². The van der Waals surface area contributed by atoms with Gasteiger partial charge in [0.25, 0.3) is 0 Å². The predicted octanol–water partition coefficient (Wildman–Crippen LogP) is 3.01. The average molecular weight is 369 g/mol. The van der Waals surface area contributed by atoms with Gasteiger partial charge in [-0.2, -0.15) is 0 Å². The third kappa shape index (κ3) is 6.11. The van der Waals surface area contributed by atoms with Crippen LogP contribution in [0.5, 0.6) is 0 Å². The van der Waals surface area contributed by atoms with E-state index in [9.17, 15) is 17.6 Å². The Morgan fingerprint density at radius 3 is 2.54 bits per heavy atom. The molecule has 0 aliphatic heterocycles. The fourth-order valence-electron chi connectivity index (χ4n) is 1.73. The first-order chi connectivity index (χ1) is 11.3. The van der Waals surface area contributed by atoms with Gasteiger partial charge in [-0.15, -0.1) is 0 Å². The van der Waals surface area contributed by atoms with Crippen LogP contribution in [0.3, 0.4) is 0 Å². The summed E-state index contributed by atoms with van der Waals surface area (Å²) in [6, 6.07) is 11.9. The minimum atomic E-state index is -3.78. The molecule has 2 rings (SSSR count). The van der Waals surface area contributed by atoms with E-state index in [2.05, 4.69) is 10.0 Å². The van der Waals surface area contributed by atoms with E-state index in [0.29, 0.717) is 10.6 Å². The van der Waals surface area contributed by atoms with Gasteiger partial charge in [0, 0.05) is 16.1 Å². The molecule has 0 fully saturated rings. The van der Waals surface area contributed by atoms with Crippen molar-refractivity contribution in [3.05, 3.63) is 70.3 Å². The lowest BCUT2D eigenvalue weighted by Gasteiger charge is -2.06. The first kappa shape index (κ1) is 18.1. The molecule has 0 radical (unpaired) electrons. The summed E-state index contributed by atoms with van der Waals surface area (Å²) in [5, 5.41) is 3.88. The van der Waals surface area contributed by atoms with Crippen LogP contribution in [-0.2, 0) is 14.8 Å². The van der Waals surface area contributed by atoms with E-state index >= 15 is 0 Å². The Hall–Kier alpha value is -2.22. The normalized spacial score (nSPS) is 11.6. The first-order valence-corrected chi connectivity index (χ1v) is 8.75. The summed E-state index contributed by atoms with van der Waals surface area (Å²) in [5.41, 5.74) is 0.893. The molecule has 0 heterocycles. The number of benzene rings is 2. The highest BCUT2D eigenvalue weighted by atomic mass is 35.5. The Morgan fingerprint density at radius 2 is 1.88 bits per heavy atom. The molecule has 8 heteroatoms. The summed E-state index contributed by atoms with van der Waals surface area (Å²) in [6.07, 6.45) is 1.38. The molecule has 1 amide bonds. The summed E-state index contributed by atoms with van der Waals surface area (Å²) in [7, 11) is -3.78. The van der Waals surface area contributed by atoms with Crippen LogP contribution < -0.4 is 10.0 Å². The Morgan fingerprint density at radius 1 is 1.17 bits per heavy atom. The third-order valence-corrected chi connectivity index (χ3v) is 4.15. The van der Waals surface area contributed by atoms with Crippen LogP contribution in [-0.4, -0.2) is 20.9 Å². The molecular formula is C16H14ClFN2O3S. The smallest absolute Gasteiger partial charge is 0.239 e. The van der Waals surface area contributed by atoms with Gasteiger partial charge in [-0.25, -0.2) is 17.5 Å². The van der Waals surface area contributed by atoms with Crippen molar-refractivity contribution < 1.29 is 17.6 Å². The van der Waals surface area contributed by atoms with Crippen molar-refractivity contribution in [2.45, 2.75) is 0 Å². The Labute approximate surface area is 144 Å². The molecule has 0 aliphatic rings. The molecular weight excluding hydrogens is 355 g/mol. The lowest BCUT2D eigenvalue weighted by Crippen LogP contribution is -2.31. The van der Waals surface area contributed by atoms with E-state index in [1.54, 1.807) is 24.3 Å². The highest BCUT2D eigenvalue weighted by Gasteiger charge is 2.09. The number of carbonyl (C=O) groups excluding carboxylic acids is 1. The number of hydrogen-bond acceptors (Lipinski definition) is 3. The van der Waals surface area contributed by atoms with Gasteiger partial charge in [0.2, 0.25) is 15.9 Å². The SMILES string of the molecule is O=C(CNS(=O)(=O)/C=C/c1ccc(Cl)cc1)Nc1cccc(F)c1. The van der Waals surface area contributed by atoms with E-state index in [-0.39, 0.29) is 5.69 Å². The van der Waals surface area contributed by atoms with Crippen molar-refractivity contribution in [2.24, 2.45) is 0 Å². The van der Waals surface area contributed by atoms with Crippen molar-refractivity contribution in [3.8, 4) is 0 Å². The first-order valence-electron chi connectivity index (χ1n) is 6.83. The molecule has 0 spiro atoms. The third-order valence-electron chi connectivity index (χ3n) is 2.85. The zero-order valence-corrected chi connectivity index (χ0v) is 13.9. The van der Waals surface area contributed by atoms with Gasteiger partial charge >= 0.3 is 0 Å². The molecule has 0 aliphatic carbocycles. The van der Waals surface area contributed by atoms with Gasteiger partial charge < -0.3 is 5.32 Å². The summed E-state index contributed by atoms with van der Waals surface area (Å²) < 4.78 is 38.8. The molecule has 0 unspecified atom stereocenters. The monoisotopic (exact) mass is 368 g/mol. The standard InChI is InChI=1S/C16H14ClFN2O3S/c17-13-6-4-12(5-7-13)8-9-24(22,23)19-11-16(21)20-15-3-1-2-14(18)10-15/h1-10,19H,11H2,(H,20,21)/b9-8+. The number of nitrogens with one attached hydrogen (secondary N) is 2. The molecule has 5 nitrogen and oxygen atoms in total. The van der Waals surface area contributed by atoms with Crippen LogP contribution in [0.2, 0.25) is 5.02 Å². The number of sulfonamides is 1. The Balaban J connectivity index is 1.89. The number of rotatable bonds is 6. The van der Waals surface area contributed by atoms with Gasteiger partial charge in [0.1, 0.15) is 5.82 Å². The second kappa shape index (κ2) is 8.05. The molecule has 0 saturated heterocycles. The largest absolute Gasteiger partial charge is 0.325 e. The molecule has 0 bridgehead atoms. The van der Waals surface area contributed by atoms with E-state index in [1.165, 1.54) is 24.3 Å². The van der Waals surface area contributed by atoms with Crippen molar-refractivity contribution in [1.82, 2.24) is 4.72 Å². The molecule has 126 valence electrons. The van der Waals surface area contributed by atoms with Crippen LogP contribution in [0, 0.1) is 5.82 Å². The van der Waals surface area contributed by atoms with Gasteiger partial charge in [0.15, 0.2) is 0 Å². The van der Waals surface area contributed by atoms with E-state index in [4.69, 9.17) is 11.6 Å². The van der Waals surface area contributed by atoms with Crippen LogP contribution >= 0.6 is 11.6 Å². The maximum atomic E-state index is 13.0. The van der Waals surface area contributed by atoms with E-state index < -0.39 is 28.3 Å². The minimum Gasteiger partial charge on any atom is -0.325 e. The number of halogens is 2. The average Bonchev–Trinajstić information content (AvgIpc) is 2.53. The number of anilines is 1. The molecule has 24 heavy (non-hydrogen) atoms. The quantitative estimate of drug-likeness (QED) is 0.823. The van der Waals surface area contributed by atoms with Crippen molar-refractivity contribution >= 4 is 39.3 Å². The van der Waals surface area contributed by atoms with Gasteiger partial charge in [0.05, 0.1) is 6.54 Å². The molecule has 2 aromatic rings. The lowest BCUT2D eigenvalue weighted by molar-refractivity contribution is -0.115. The number of hydrogen-bond donors (Lipinski definition) is 2. The summed E-state index contributed by atoms with van der Waals surface area (Å²) in [5.74, 6) is -1.11. The highest BCUT2D eigenvalue weighted by molar-refractivity contribution is 7.92. The maximum absolute atomic E-state index is 13.0. The number of carbonyl (C=O) groups is 1. The molecule has 0 aromatic heterocycles. The molecule has 0 atom stereocenters. The highest BCUT2D eigenvalue weighted by Crippen LogP contribution is 2.11. The van der Waals surface area contributed by atoms with Gasteiger partial charge in [-0.3, -0.25) is 4.79 Å². The fourth-order valence-corrected chi connectivity index (χ4v) is 2.62. The summed E-state index contributed by atoms with van der Waals surface area (Å²) in [4.78, 5) is 11.7. The summed E-state index contributed by atoms with van der Waals surface area (Å²) >= 11 is 5.74. The van der Waals surface area contributed by atoms with Crippen LogP contribution in [0.1, 0.15) is 5.56 Å².